The van der Waals surface area contributed by atoms with Gasteiger partial charge in [-0.1, -0.05) is 5.16 Å². The van der Waals surface area contributed by atoms with Crippen LogP contribution in [0.25, 0.3) is 0 Å². The minimum absolute atomic E-state index is 0.0509. The minimum atomic E-state index is 0.0509. The van der Waals surface area contributed by atoms with Gasteiger partial charge in [-0.2, -0.15) is 5.10 Å². The van der Waals surface area contributed by atoms with Gasteiger partial charge < -0.3 is 9.57 Å². The van der Waals surface area contributed by atoms with Crippen molar-refractivity contribution in [2.24, 2.45) is 18.1 Å². The summed E-state index contributed by atoms with van der Waals surface area (Å²) < 4.78 is 7.52. The second kappa shape index (κ2) is 3.06. The van der Waals surface area contributed by atoms with E-state index < -0.39 is 0 Å². The number of nitrogens with zero attached hydrogens (tertiary/aromatic N) is 3. The molecule has 1 aromatic heterocycles. The topological polar surface area (TPSA) is 48.6 Å². The van der Waals surface area contributed by atoms with E-state index in [1.54, 1.807) is 4.68 Å². The van der Waals surface area contributed by atoms with Gasteiger partial charge in [0.2, 0.25) is 0 Å². The van der Waals surface area contributed by atoms with Gasteiger partial charge in [0.1, 0.15) is 0 Å². The van der Waals surface area contributed by atoms with Gasteiger partial charge in [0.05, 0.1) is 30.5 Å². The average Bonchev–Trinajstić information content (AvgIpc) is 2.84. The van der Waals surface area contributed by atoms with Crippen LogP contribution in [0.5, 0.6) is 0 Å². The van der Waals surface area contributed by atoms with Crippen molar-refractivity contribution < 1.29 is 9.57 Å². The van der Waals surface area contributed by atoms with E-state index in [0.717, 1.165) is 11.3 Å². The summed E-state index contributed by atoms with van der Waals surface area (Å²) in [6.45, 7) is 2.60. The van der Waals surface area contributed by atoms with E-state index in [1.807, 2.05) is 26.4 Å². The molecule has 15 heavy (non-hydrogen) atoms. The lowest BCUT2D eigenvalue weighted by molar-refractivity contribution is 0.0464. The number of oxime groups is 1. The fourth-order valence-electron chi connectivity index (χ4n) is 2.29. The predicted octanol–water partition coefficient (Wildman–Crippen LogP) is 0.882. The third kappa shape index (κ3) is 1.26. The van der Waals surface area contributed by atoms with Gasteiger partial charge in [-0.25, -0.2) is 0 Å². The third-order valence-corrected chi connectivity index (χ3v) is 3.03. The van der Waals surface area contributed by atoms with Crippen LogP contribution in [0, 0.1) is 5.92 Å². The number of fused-ring (bicyclic) bond motifs is 1. The molecule has 0 aliphatic carbocycles. The van der Waals surface area contributed by atoms with Gasteiger partial charge in [0.15, 0.2) is 6.10 Å². The lowest BCUT2D eigenvalue weighted by Gasteiger charge is -2.13. The van der Waals surface area contributed by atoms with Crippen molar-refractivity contribution in [3.8, 4) is 0 Å². The standard InChI is InChI=1S/C10H13N3O2/c1-6-9-8(15-12-6)5-14-10(9)7-3-11-13(2)4-7/h3-4,8-10H,5H2,1-2H3/t8-,9-,10+/m1/s1. The SMILES string of the molecule is CC1=NO[C@@H]2CO[C@@H](c3cnn(C)c3)[C@H]12. The highest BCUT2D eigenvalue weighted by atomic mass is 16.7. The highest BCUT2D eigenvalue weighted by Gasteiger charge is 2.45. The second-order valence-corrected chi connectivity index (χ2v) is 4.10. The zero-order chi connectivity index (χ0) is 10.4. The first-order valence-corrected chi connectivity index (χ1v) is 5.06. The normalized spacial score (nSPS) is 33.7. The molecule has 5 nitrogen and oxygen atoms in total. The lowest BCUT2D eigenvalue weighted by Crippen LogP contribution is -2.21. The summed E-state index contributed by atoms with van der Waals surface area (Å²) in [6.07, 6.45) is 3.97. The van der Waals surface area contributed by atoms with Crippen LogP contribution in [0.2, 0.25) is 0 Å². The highest BCUT2D eigenvalue weighted by molar-refractivity contribution is 5.86. The zero-order valence-corrected chi connectivity index (χ0v) is 8.75. The van der Waals surface area contributed by atoms with Gasteiger partial charge in [-0.3, -0.25) is 4.68 Å². The van der Waals surface area contributed by atoms with Crippen LogP contribution >= 0.6 is 0 Å². The molecule has 5 heteroatoms. The van der Waals surface area contributed by atoms with Crippen LogP contribution in [0.3, 0.4) is 0 Å². The second-order valence-electron chi connectivity index (χ2n) is 4.10. The molecule has 0 aromatic carbocycles. The maximum atomic E-state index is 5.73. The van der Waals surface area contributed by atoms with Crippen molar-refractivity contribution in [3.63, 3.8) is 0 Å². The number of aryl methyl sites for hydroxylation is 1. The quantitative estimate of drug-likeness (QED) is 0.687. The largest absolute Gasteiger partial charge is 0.389 e. The molecule has 0 N–H and O–H groups in total. The van der Waals surface area contributed by atoms with Gasteiger partial charge >= 0.3 is 0 Å². The molecule has 3 heterocycles. The van der Waals surface area contributed by atoms with Crippen LogP contribution in [-0.4, -0.2) is 28.2 Å². The zero-order valence-electron chi connectivity index (χ0n) is 8.75. The number of rotatable bonds is 1. The Kier molecular flexibility index (Phi) is 1.82. The Morgan fingerprint density at radius 1 is 1.53 bits per heavy atom. The van der Waals surface area contributed by atoms with Crippen molar-refractivity contribution in [2.75, 3.05) is 6.61 Å². The van der Waals surface area contributed by atoms with Gasteiger partial charge in [-0.15, -0.1) is 0 Å². The molecule has 1 saturated heterocycles. The van der Waals surface area contributed by atoms with E-state index in [4.69, 9.17) is 9.57 Å². The van der Waals surface area contributed by atoms with Crippen LogP contribution in [0.15, 0.2) is 17.5 Å². The third-order valence-electron chi connectivity index (χ3n) is 3.03. The first-order chi connectivity index (χ1) is 7.25. The molecule has 80 valence electrons. The number of ether oxygens (including phenoxy) is 1. The van der Waals surface area contributed by atoms with E-state index in [1.165, 1.54) is 0 Å². The molecule has 1 aromatic rings. The maximum absolute atomic E-state index is 5.73. The Bertz CT molecular complexity index is 413. The van der Waals surface area contributed by atoms with Gasteiger partial charge in [-0.05, 0) is 6.92 Å². The van der Waals surface area contributed by atoms with Crippen molar-refractivity contribution in [3.05, 3.63) is 18.0 Å². The number of aromatic nitrogens is 2. The monoisotopic (exact) mass is 207 g/mol. The van der Waals surface area contributed by atoms with Crippen LogP contribution in [0.4, 0.5) is 0 Å². The summed E-state index contributed by atoms with van der Waals surface area (Å²) in [4.78, 5) is 5.28. The van der Waals surface area contributed by atoms with E-state index in [0.29, 0.717) is 6.61 Å². The van der Waals surface area contributed by atoms with Crippen molar-refractivity contribution in [1.29, 1.82) is 0 Å². The Morgan fingerprint density at radius 2 is 2.40 bits per heavy atom. The predicted molar refractivity (Wildman–Crippen MR) is 53.4 cm³/mol. The van der Waals surface area contributed by atoms with E-state index >= 15 is 0 Å². The van der Waals surface area contributed by atoms with Crippen LogP contribution < -0.4 is 0 Å². The Balaban J connectivity index is 1.91. The summed E-state index contributed by atoms with van der Waals surface area (Å²) in [6, 6.07) is 0. The molecule has 3 rings (SSSR count). The van der Waals surface area contributed by atoms with Crippen molar-refractivity contribution in [1.82, 2.24) is 9.78 Å². The average molecular weight is 207 g/mol. The first kappa shape index (κ1) is 8.91. The Labute approximate surface area is 87.7 Å². The Morgan fingerprint density at radius 3 is 3.13 bits per heavy atom. The summed E-state index contributed by atoms with van der Waals surface area (Å²) in [5, 5.41) is 8.17. The van der Waals surface area contributed by atoms with E-state index in [-0.39, 0.29) is 18.1 Å². The summed E-state index contributed by atoms with van der Waals surface area (Å²) in [7, 11) is 1.90. The van der Waals surface area contributed by atoms with Crippen LogP contribution in [-0.2, 0) is 16.6 Å². The molecule has 3 atom stereocenters. The molecule has 0 unspecified atom stereocenters. The van der Waals surface area contributed by atoms with E-state index in [2.05, 4.69) is 10.3 Å². The lowest BCUT2D eigenvalue weighted by atomic mass is 9.92. The molecule has 0 spiro atoms. The molecule has 2 aliphatic heterocycles. The molecule has 2 aliphatic rings. The molecule has 0 amide bonds. The fourth-order valence-corrected chi connectivity index (χ4v) is 2.29. The van der Waals surface area contributed by atoms with Crippen molar-refractivity contribution >= 4 is 5.71 Å². The smallest absolute Gasteiger partial charge is 0.161 e. The van der Waals surface area contributed by atoms with Gasteiger partial charge in [0, 0.05) is 18.8 Å². The molecule has 0 bridgehead atoms. The molecule has 1 fully saturated rings. The maximum Gasteiger partial charge on any atom is 0.161 e. The number of hydrogen-bond donors (Lipinski definition) is 0. The van der Waals surface area contributed by atoms with E-state index in [9.17, 15) is 0 Å². The molecular formula is C10H13N3O2. The molecular weight excluding hydrogens is 194 g/mol. The summed E-state index contributed by atoms with van der Waals surface area (Å²) in [5.74, 6) is 0.259. The van der Waals surface area contributed by atoms with Gasteiger partial charge in [0.25, 0.3) is 0 Å². The highest BCUT2D eigenvalue weighted by Crippen LogP contribution is 2.39. The first-order valence-electron chi connectivity index (χ1n) is 5.06. The van der Waals surface area contributed by atoms with Crippen LogP contribution in [0.1, 0.15) is 18.6 Å². The fraction of sp³-hybridized carbons (Fsp3) is 0.600. The summed E-state index contributed by atoms with van der Waals surface area (Å²) >= 11 is 0. The minimum Gasteiger partial charge on any atom is -0.389 e. The number of hydrogen-bond acceptors (Lipinski definition) is 4. The summed E-state index contributed by atoms with van der Waals surface area (Å²) in [5.41, 5.74) is 2.12. The Hall–Kier alpha value is -1.36. The molecule has 0 saturated carbocycles. The molecule has 0 radical (unpaired) electrons. The van der Waals surface area contributed by atoms with Crippen molar-refractivity contribution in [2.45, 2.75) is 19.1 Å².